The number of carbonyl (C=O) groups excluding carboxylic acids is 1. The van der Waals surface area contributed by atoms with E-state index in [-0.39, 0.29) is 23.8 Å². The minimum Gasteiger partial charge on any atom is -0.345 e. The third kappa shape index (κ3) is 4.39. The molecule has 0 aliphatic carbocycles. The van der Waals surface area contributed by atoms with Gasteiger partial charge in [-0.15, -0.1) is 0 Å². The first-order valence-corrected chi connectivity index (χ1v) is 10.0. The molecule has 8 heteroatoms. The number of hydrogen-bond acceptors (Lipinski definition) is 5. The Hall–Kier alpha value is -4.33. The number of nitro benzene ring substituents is 1. The molecule has 160 valence electrons. The van der Waals surface area contributed by atoms with Gasteiger partial charge in [0.05, 0.1) is 28.5 Å². The zero-order valence-electron chi connectivity index (χ0n) is 17.6. The van der Waals surface area contributed by atoms with E-state index in [1.54, 1.807) is 30.5 Å². The highest BCUT2D eigenvalue weighted by molar-refractivity contribution is 5.94. The van der Waals surface area contributed by atoms with Crippen molar-refractivity contribution in [2.45, 2.75) is 20.4 Å². The van der Waals surface area contributed by atoms with Crippen LogP contribution in [-0.2, 0) is 6.54 Å². The Morgan fingerprint density at radius 1 is 1.03 bits per heavy atom. The first-order chi connectivity index (χ1) is 15.4. The van der Waals surface area contributed by atoms with Crippen LogP contribution in [-0.4, -0.2) is 25.6 Å². The van der Waals surface area contributed by atoms with E-state index in [9.17, 15) is 14.9 Å². The van der Waals surface area contributed by atoms with E-state index in [1.165, 1.54) is 16.8 Å². The first kappa shape index (κ1) is 20.9. The lowest BCUT2D eigenvalue weighted by Gasteiger charge is -2.08. The lowest BCUT2D eigenvalue weighted by Crippen LogP contribution is -2.25. The van der Waals surface area contributed by atoms with Gasteiger partial charge in [0.25, 0.3) is 11.6 Å². The van der Waals surface area contributed by atoms with Crippen LogP contribution in [0.15, 0.2) is 72.9 Å². The Balaban J connectivity index is 1.75. The monoisotopic (exact) mass is 427 g/mol. The fraction of sp³-hybridized carbons (Fsp3) is 0.125. The number of carbonyl (C=O) groups is 1. The van der Waals surface area contributed by atoms with E-state index in [4.69, 9.17) is 0 Å². The highest BCUT2D eigenvalue weighted by atomic mass is 16.6. The van der Waals surface area contributed by atoms with Gasteiger partial charge < -0.3 is 5.32 Å². The summed E-state index contributed by atoms with van der Waals surface area (Å²) in [7, 11) is 0. The van der Waals surface area contributed by atoms with E-state index in [0.29, 0.717) is 11.4 Å². The van der Waals surface area contributed by atoms with Gasteiger partial charge in [0.1, 0.15) is 5.69 Å². The van der Waals surface area contributed by atoms with Crippen molar-refractivity contribution in [1.29, 1.82) is 0 Å². The molecule has 0 saturated heterocycles. The number of nitro groups is 1. The summed E-state index contributed by atoms with van der Waals surface area (Å²) in [5, 5.41) is 18.7. The molecular formula is C24H21N5O3. The summed E-state index contributed by atoms with van der Waals surface area (Å²) in [5.74, 6) is -0.357. The molecule has 0 bridgehead atoms. The molecule has 0 fully saturated rings. The van der Waals surface area contributed by atoms with Crippen molar-refractivity contribution < 1.29 is 9.72 Å². The third-order valence-corrected chi connectivity index (χ3v) is 5.19. The van der Waals surface area contributed by atoms with Gasteiger partial charge >= 0.3 is 0 Å². The van der Waals surface area contributed by atoms with Crippen LogP contribution in [0.5, 0.6) is 0 Å². The number of nitrogens with zero attached hydrogens (tertiary/aromatic N) is 4. The molecule has 0 saturated carbocycles. The van der Waals surface area contributed by atoms with E-state index in [0.717, 1.165) is 22.4 Å². The molecule has 4 aromatic rings. The van der Waals surface area contributed by atoms with Crippen LogP contribution < -0.4 is 5.32 Å². The molecule has 0 unspecified atom stereocenters. The number of amides is 1. The highest BCUT2D eigenvalue weighted by Crippen LogP contribution is 2.25. The van der Waals surface area contributed by atoms with Gasteiger partial charge in [-0.05, 0) is 55.3 Å². The van der Waals surface area contributed by atoms with Crippen LogP contribution in [0.2, 0.25) is 0 Å². The summed E-state index contributed by atoms with van der Waals surface area (Å²) in [5.41, 5.74) is 5.06. The largest absolute Gasteiger partial charge is 0.345 e. The predicted molar refractivity (Wildman–Crippen MR) is 121 cm³/mol. The number of non-ortho nitro benzene ring substituents is 1. The Bertz CT molecular complexity index is 1300. The van der Waals surface area contributed by atoms with E-state index >= 15 is 0 Å². The molecule has 2 aromatic heterocycles. The molecule has 4 rings (SSSR count). The van der Waals surface area contributed by atoms with Crippen LogP contribution in [0.3, 0.4) is 0 Å². The minimum absolute atomic E-state index is 0.0782. The van der Waals surface area contributed by atoms with Crippen LogP contribution in [0, 0.1) is 24.0 Å². The standard InChI is InChI=1S/C24H21N5O3/c1-16-9-10-18(12-17(16)2)22-14-23(24(30)26-15-19-6-3-4-11-25-19)28(27-22)20-7-5-8-21(13-20)29(31)32/h3-14H,15H2,1-2H3,(H,26,30). The molecule has 0 atom stereocenters. The fourth-order valence-electron chi connectivity index (χ4n) is 3.28. The quantitative estimate of drug-likeness (QED) is 0.363. The Morgan fingerprint density at radius 2 is 1.88 bits per heavy atom. The van der Waals surface area contributed by atoms with Crippen LogP contribution in [0.1, 0.15) is 27.3 Å². The zero-order valence-corrected chi connectivity index (χ0v) is 17.6. The fourth-order valence-corrected chi connectivity index (χ4v) is 3.28. The maximum atomic E-state index is 13.1. The first-order valence-electron chi connectivity index (χ1n) is 10.0. The smallest absolute Gasteiger partial charge is 0.271 e. The van der Waals surface area contributed by atoms with Crippen molar-refractivity contribution >= 4 is 11.6 Å². The topological polar surface area (TPSA) is 103 Å². The molecule has 2 heterocycles. The lowest BCUT2D eigenvalue weighted by molar-refractivity contribution is -0.384. The van der Waals surface area contributed by atoms with E-state index < -0.39 is 4.92 Å². The normalized spacial score (nSPS) is 10.7. The summed E-state index contributed by atoms with van der Waals surface area (Å²) in [6.45, 7) is 4.28. The van der Waals surface area contributed by atoms with Crippen molar-refractivity contribution in [3.8, 4) is 16.9 Å². The van der Waals surface area contributed by atoms with Crippen LogP contribution in [0.25, 0.3) is 16.9 Å². The maximum Gasteiger partial charge on any atom is 0.271 e. The zero-order chi connectivity index (χ0) is 22.7. The van der Waals surface area contributed by atoms with Crippen LogP contribution >= 0.6 is 0 Å². The average Bonchev–Trinajstić information content (AvgIpc) is 3.26. The summed E-state index contributed by atoms with van der Waals surface area (Å²) >= 11 is 0. The molecule has 0 radical (unpaired) electrons. The number of hydrogen-bond donors (Lipinski definition) is 1. The number of benzene rings is 2. The molecule has 1 N–H and O–H groups in total. The van der Waals surface area contributed by atoms with Crippen LogP contribution in [0.4, 0.5) is 5.69 Å². The number of pyridine rings is 1. The molecule has 0 spiro atoms. The average molecular weight is 427 g/mol. The lowest BCUT2D eigenvalue weighted by atomic mass is 10.0. The summed E-state index contributed by atoms with van der Waals surface area (Å²) in [6, 6.07) is 19.2. The molecule has 2 aromatic carbocycles. The van der Waals surface area contributed by atoms with E-state index in [1.807, 2.05) is 44.2 Å². The maximum absolute atomic E-state index is 13.1. The Labute approximate surface area is 184 Å². The van der Waals surface area contributed by atoms with Crippen molar-refractivity contribution in [2.24, 2.45) is 0 Å². The van der Waals surface area contributed by atoms with Gasteiger partial charge in [-0.1, -0.05) is 24.3 Å². The molecule has 0 aliphatic heterocycles. The van der Waals surface area contributed by atoms with Crippen molar-refractivity contribution in [3.63, 3.8) is 0 Å². The summed E-state index contributed by atoms with van der Waals surface area (Å²) < 4.78 is 1.44. The van der Waals surface area contributed by atoms with Gasteiger partial charge in [0.15, 0.2) is 0 Å². The second-order valence-corrected chi connectivity index (χ2v) is 7.41. The van der Waals surface area contributed by atoms with E-state index in [2.05, 4.69) is 15.4 Å². The van der Waals surface area contributed by atoms with Gasteiger partial charge in [0.2, 0.25) is 0 Å². The number of rotatable bonds is 6. The number of aromatic nitrogens is 3. The van der Waals surface area contributed by atoms with Crippen molar-refractivity contribution in [2.75, 3.05) is 0 Å². The number of nitrogens with one attached hydrogen (secondary N) is 1. The Kier molecular flexibility index (Phi) is 5.76. The second kappa shape index (κ2) is 8.81. The second-order valence-electron chi connectivity index (χ2n) is 7.41. The molecule has 8 nitrogen and oxygen atoms in total. The number of aryl methyl sites for hydroxylation is 2. The van der Waals surface area contributed by atoms with Gasteiger partial charge in [0, 0.05) is 23.9 Å². The van der Waals surface area contributed by atoms with Gasteiger partial charge in [-0.3, -0.25) is 19.9 Å². The summed E-state index contributed by atoms with van der Waals surface area (Å²) in [6.07, 6.45) is 1.66. The minimum atomic E-state index is -0.474. The Morgan fingerprint density at radius 3 is 2.59 bits per heavy atom. The van der Waals surface area contributed by atoms with Gasteiger partial charge in [-0.2, -0.15) is 5.10 Å². The van der Waals surface area contributed by atoms with Gasteiger partial charge in [-0.25, -0.2) is 4.68 Å². The van der Waals surface area contributed by atoms with Crippen molar-refractivity contribution in [3.05, 3.63) is 106 Å². The SMILES string of the molecule is Cc1ccc(-c2cc(C(=O)NCc3ccccn3)n(-c3cccc([N+](=O)[O-])c3)n2)cc1C. The summed E-state index contributed by atoms with van der Waals surface area (Å²) in [4.78, 5) is 28.1. The highest BCUT2D eigenvalue weighted by Gasteiger charge is 2.19. The molecule has 1 amide bonds. The molecule has 32 heavy (non-hydrogen) atoms. The molecular weight excluding hydrogens is 406 g/mol. The predicted octanol–water partition coefficient (Wildman–Crippen LogP) is 4.39. The van der Waals surface area contributed by atoms with Crippen molar-refractivity contribution in [1.82, 2.24) is 20.1 Å². The third-order valence-electron chi connectivity index (χ3n) is 5.19. The molecule has 0 aliphatic rings.